The minimum atomic E-state index is -0.383. The molecule has 0 atom stereocenters. The maximum absolute atomic E-state index is 13.3. The number of aliphatic imine (C=N–C) groups is 1. The molecule has 0 aliphatic heterocycles. The van der Waals surface area contributed by atoms with Crippen molar-refractivity contribution in [2.24, 2.45) is 4.99 Å². The lowest BCUT2D eigenvalue weighted by Crippen LogP contribution is -2.19. The maximum atomic E-state index is 13.3. The van der Waals surface area contributed by atoms with E-state index in [2.05, 4.69) is 10.1 Å². The largest absolute Gasteiger partial charge is 0.290 e. The molecule has 0 radical (unpaired) electrons. The summed E-state index contributed by atoms with van der Waals surface area (Å²) in [6, 6.07) is 20.8. The average molecular weight is 389 g/mol. The summed E-state index contributed by atoms with van der Waals surface area (Å²) in [6.07, 6.45) is 0. The minimum Gasteiger partial charge on any atom is -0.290 e. The first-order valence-electron chi connectivity index (χ1n) is 9.00. The van der Waals surface area contributed by atoms with E-state index in [1.165, 1.54) is 41.1 Å². The number of halogens is 2. The number of H-pyrrole nitrogens is 1. The molecular weight excluding hydrogens is 372 g/mol. The van der Waals surface area contributed by atoms with Crippen LogP contribution in [0.2, 0.25) is 0 Å². The number of aromatic nitrogens is 2. The van der Waals surface area contributed by atoms with Crippen molar-refractivity contribution in [2.75, 3.05) is 0 Å². The third kappa shape index (κ3) is 3.78. The highest BCUT2D eigenvalue weighted by molar-refractivity contribution is 6.04. The van der Waals surface area contributed by atoms with Gasteiger partial charge in [0, 0.05) is 5.56 Å². The van der Waals surface area contributed by atoms with Crippen LogP contribution in [0, 0.1) is 11.6 Å². The monoisotopic (exact) mass is 389 g/mol. The standard InChI is InChI=1S/C23H17F2N3O/c1-15(26-19-11-7-17(24)8-12-19)21-22(16-5-3-2-4-6-16)27-28(23(21)29)20-13-9-18(25)10-14-20/h2-14,27H,1H3. The van der Waals surface area contributed by atoms with E-state index in [1.807, 2.05) is 30.3 Å². The molecule has 0 aliphatic rings. The summed E-state index contributed by atoms with van der Waals surface area (Å²) in [5, 5.41) is 3.12. The van der Waals surface area contributed by atoms with Crippen molar-refractivity contribution in [1.29, 1.82) is 0 Å². The molecule has 0 saturated heterocycles. The van der Waals surface area contributed by atoms with Crippen LogP contribution in [0.1, 0.15) is 12.5 Å². The van der Waals surface area contributed by atoms with Gasteiger partial charge >= 0.3 is 0 Å². The van der Waals surface area contributed by atoms with Crippen molar-refractivity contribution in [2.45, 2.75) is 6.92 Å². The molecule has 4 nitrogen and oxygen atoms in total. The van der Waals surface area contributed by atoms with Gasteiger partial charge in [-0.25, -0.2) is 13.5 Å². The van der Waals surface area contributed by atoms with Crippen LogP contribution in [0.5, 0.6) is 0 Å². The first-order valence-corrected chi connectivity index (χ1v) is 9.00. The Morgan fingerprint density at radius 3 is 2.07 bits per heavy atom. The van der Waals surface area contributed by atoms with Crippen molar-refractivity contribution < 1.29 is 8.78 Å². The molecule has 4 aromatic rings. The molecular formula is C23H17F2N3O. The minimum absolute atomic E-state index is 0.307. The molecule has 3 aromatic carbocycles. The van der Waals surface area contributed by atoms with Crippen LogP contribution in [0.4, 0.5) is 14.5 Å². The van der Waals surface area contributed by atoms with Gasteiger partial charge in [-0.1, -0.05) is 30.3 Å². The molecule has 0 saturated carbocycles. The molecule has 144 valence electrons. The number of rotatable bonds is 4. The lowest BCUT2D eigenvalue weighted by molar-refractivity contribution is 0.626. The fraction of sp³-hybridized carbons (Fsp3) is 0.0435. The molecule has 0 spiro atoms. The zero-order valence-corrected chi connectivity index (χ0v) is 15.6. The number of hydrogen-bond acceptors (Lipinski definition) is 2. The molecule has 0 unspecified atom stereocenters. The van der Waals surface area contributed by atoms with E-state index in [0.717, 1.165) is 5.56 Å². The summed E-state index contributed by atoms with van der Waals surface area (Å²) in [5.41, 5.74) is 3.03. The van der Waals surface area contributed by atoms with Crippen LogP contribution in [-0.2, 0) is 0 Å². The maximum Gasteiger partial charge on any atom is 0.280 e. The molecule has 29 heavy (non-hydrogen) atoms. The van der Waals surface area contributed by atoms with Gasteiger partial charge in [0.15, 0.2) is 0 Å². The number of nitrogens with zero attached hydrogens (tertiary/aromatic N) is 2. The predicted octanol–water partition coefficient (Wildman–Crippen LogP) is 5.25. The first kappa shape index (κ1) is 18.6. The smallest absolute Gasteiger partial charge is 0.280 e. The summed E-state index contributed by atoms with van der Waals surface area (Å²) < 4.78 is 27.9. The Balaban J connectivity index is 1.90. The van der Waals surface area contributed by atoms with E-state index in [-0.39, 0.29) is 17.2 Å². The quantitative estimate of drug-likeness (QED) is 0.476. The summed E-state index contributed by atoms with van der Waals surface area (Å²) >= 11 is 0. The van der Waals surface area contributed by atoms with Crippen molar-refractivity contribution in [3.63, 3.8) is 0 Å². The van der Waals surface area contributed by atoms with Crippen molar-refractivity contribution in [3.8, 4) is 16.9 Å². The van der Waals surface area contributed by atoms with Gasteiger partial charge in [0.2, 0.25) is 0 Å². The van der Waals surface area contributed by atoms with Gasteiger partial charge in [-0.05, 0) is 55.5 Å². The summed E-state index contributed by atoms with van der Waals surface area (Å²) in [7, 11) is 0. The van der Waals surface area contributed by atoms with Gasteiger partial charge in [0.25, 0.3) is 5.56 Å². The third-order valence-electron chi connectivity index (χ3n) is 4.52. The molecule has 6 heteroatoms. The lowest BCUT2D eigenvalue weighted by atomic mass is 10.1. The third-order valence-corrected chi connectivity index (χ3v) is 4.52. The fourth-order valence-corrected chi connectivity index (χ4v) is 3.12. The van der Waals surface area contributed by atoms with Crippen LogP contribution in [-0.4, -0.2) is 15.5 Å². The SMILES string of the molecule is CC(=Nc1ccc(F)cc1)c1c(-c2ccccc2)[nH]n(-c2ccc(F)cc2)c1=O. The Morgan fingerprint density at radius 1 is 0.862 bits per heavy atom. The van der Waals surface area contributed by atoms with E-state index in [9.17, 15) is 13.6 Å². The highest BCUT2D eigenvalue weighted by Gasteiger charge is 2.19. The van der Waals surface area contributed by atoms with E-state index in [0.29, 0.717) is 28.3 Å². The second kappa shape index (κ2) is 7.67. The summed E-state index contributed by atoms with van der Waals surface area (Å²) in [5.74, 6) is -0.738. The first-order chi connectivity index (χ1) is 14.0. The van der Waals surface area contributed by atoms with Crippen LogP contribution in [0.3, 0.4) is 0 Å². The zero-order valence-electron chi connectivity index (χ0n) is 15.6. The van der Waals surface area contributed by atoms with E-state index < -0.39 is 0 Å². The van der Waals surface area contributed by atoms with Gasteiger partial charge in [-0.3, -0.25) is 14.9 Å². The fourth-order valence-electron chi connectivity index (χ4n) is 3.12. The number of aromatic amines is 1. The van der Waals surface area contributed by atoms with Gasteiger partial charge in [-0.15, -0.1) is 0 Å². The Morgan fingerprint density at radius 2 is 1.45 bits per heavy atom. The van der Waals surface area contributed by atoms with Crippen molar-refractivity contribution >= 4 is 11.4 Å². The van der Waals surface area contributed by atoms with Gasteiger partial charge in [0.05, 0.1) is 28.3 Å². The van der Waals surface area contributed by atoms with Gasteiger partial charge in [0.1, 0.15) is 11.6 Å². The predicted molar refractivity (Wildman–Crippen MR) is 110 cm³/mol. The van der Waals surface area contributed by atoms with Crippen LogP contribution in [0.15, 0.2) is 88.6 Å². The molecule has 0 amide bonds. The van der Waals surface area contributed by atoms with Gasteiger partial charge < -0.3 is 0 Å². The Kier molecular flexibility index (Phi) is 4.91. The Labute approximate surface area is 165 Å². The summed E-state index contributed by atoms with van der Waals surface area (Å²) in [6.45, 7) is 1.73. The molecule has 0 aliphatic carbocycles. The molecule has 0 fully saturated rings. The molecule has 4 rings (SSSR count). The molecule has 0 bridgehead atoms. The average Bonchev–Trinajstić information content (AvgIpc) is 3.08. The summed E-state index contributed by atoms with van der Waals surface area (Å²) in [4.78, 5) is 17.7. The Bertz CT molecular complexity index is 1220. The highest BCUT2D eigenvalue weighted by Crippen LogP contribution is 2.23. The number of benzene rings is 3. The Hall–Kier alpha value is -3.80. The van der Waals surface area contributed by atoms with E-state index in [4.69, 9.17) is 0 Å². The highest BCUT2D eigenvalue weighted by atomic mass is 19.1. The second-order valence-electron chi connectivity index (χ2n) is 6.52. The van der Waals surface area contributed by atoms with Crippen LogP contribution in [0.25, 0.3) is 16.9 Å². The topological polar surface area (TPSA) is 50.1 Å². The zero-order chi connectivity index (χ0) is 20.4. The van der Waals surface area contributed by atoms with Gasteiger partial charge in [-0.2, -0.15) is 0 Å². The molecule has 1 N–H and O–H groups in total. The number of hydrogen-bond donors (Lipinski definition) is 1. The van der Waals surface area contributed by atoms with Crippen molar-refractivity contribution in [3.05, 3.63) is 106 Å². The van der Waals surface area contributed by atoms with E-state index >= 15 is 0 Å². The van der Waals surface area contributed by atoms with E-state index in [1.54, 1.807) is 19.1 Å². The number of nitrogens with one attached hydrogen (secondary N) is 1. The normalized spacial score (nSPS) is 11.6. The molecule has 1 aromatic heterocycles. The van der Waals surface area contributed by atoms with Crippen LogP contribution >= 0.6 is 0 Å². The van der Waals surface area contributed by atoms with Crippen molar-refractivity contribution in [1.82, 2.24) is 9.78 Å². The van der Waals surface area contributed by atoms with Crippen LogP contribution < -0.4 is 5.56 Å². The molecule has 1 heterocycles. The second-order valence-corrected chi connectivity index (χ2v) is 6.52. The lowest BCUT2D eigenvalue weighted by Gasteiger charge is -2.03.